The van der Waals surface area contributed by atoms with E-state index in [2.05, 4.69) is 5.32 Å². The van der Waals surface area contributed by atoms with Gasteiger partial charge in [0.05, 0.1) is 13.2 Å². The predicted octanol–water partition coefficient (Wildman–Crippen LogP) is 3.44. The fourth-order valence-corrected chi connectivity index (χ4v) is 3.67. The zero-order valence-electron chi connectivity index (χ0n) is 13.4. The molecule has 0 atom stereocenters. The lowest BCUT2D eigenvalue weighted by Gasteiger charge is -2.08. The Morgan fingerprint density at radius 3 is 2.83 bits per heavy atom. The first kappa shape index (κ1) is 16.6. The highest BCUT2D eigenvalue weighted by Crippen LogP contribution is 2.35. The minimum atomic E-state index is -0.108. The third-order valence-corrected chi connectivity index (χ3v) is 4.95. The van der Waals surface area contributed by atoms with Gasteiger partial charge in [0.1, 0.15) is 0 Å². The summed E-state index contributed by atoms with van der Waals surface area (Å²) in [5, 5.41) is 13.3. The van der Waals surface area contributed by atoms with Crippen LogP contribution in [0.4, 0.5) is 0 Å². The molecule has 5 heteroatoms. The molecule has 0 aliphatic rings. The van der Waals surface area contributed by atoms with Gasteiger partial charge < -0.3 is 15.2 Å². The highest BCUT2D eigenvalue weighted by molar-refractivity contribution is 7.19. The minimum Gasteiger partial charge on any atom is -0.391 e. The highest BCUT2D eigenvalue weighted by atomic mass is 32.1. The lowest BCUT2D eigenvalue weighted by Crippen LogP contribution is -2.26. The van der Waals surface area contributed by atoms with Crippen molar-refractivity contribution in [3.05, 3.63) is 59.0 Å². The van der Waals surface area contributed by atoms with Crippen LogP contribution in [0.15, 0.2) is 48.5 Å². The van der Waals surface area contributed by atoms with Crippen LogP contribution in [0, 0.1) is 0 Å². The number of carbonyl (C=O) groups excluding carboxylic acids is 1. The summed E-state index contributed by atoms with van der Waals surface area (Å²) in [6, 6.07) is 15.7. The average Bonchev–Trinajstić information content (AvgIpc) is 3.05. The van der Waals surface area contributed by atoms with E-state index in [4.69, 9.17) is 4.74 Å². The Kier molecular flexibility index (Phi) is 5.25. The Labute approximate surface area is 144 Å². The summed E-state index contributed by atoms with van der Waals surface area (Å²) in [6.45, 7) is 1.02. The van der Waals surface area contributed by atoms with Gasteiger partial charge in [-0.25, -0.2) is 0 Å². The molecule has 24 heavy (non-hydrogen) atoms. The summed E-state index contributed by atoms with van der Waals surface area (Å²) in [4.78, 5) is 13.2. The fourth-order valence-electron chi connectivity index (χ4n) is 2.62. The second kappa shape index (κ2) is 7.57. The maximum atomic E-state index is 12.2. The van der Waals surface area contributed by atoms with Crippen molar-refractivity contribution in [2.45, 2.75) is 6.61 Å². The van der Waals surface area contributed by atoms with E-state index in [0.29, 0.717) is 18.7 Å². The monoisotopic (exact) mass is 341 g/mol. The first-order valence-corrected chi connectivity index (χ1v) is 8.54. The largest absolute Gasteiger partial charge is 0.391 e. The number of aliphatic hydroxyl groups excluding tert-OH is 1. The van der Waals surface area contributed by atoms with Crippen LogP contribution in [0.5, 0.6) is 0 Å². The minimum absolute atomic E-state index is 0.0424. The van der Waals surface area contributed by atoms with E-state index in [1.807, 2.05) is 42.5 Å². The molecular formula is C19H19NO3S. The number of thiophene rings is 1. The normalized spacial score (nSPS) is 10.9. The second-order valence-corrected chi connectivity index (χ2v) is 6.56. The molecule has 1 heterocycles. The Bertz CT molecular complexity index is 857. The SMILES string of the molecule is COCCNC(=O)c1cccc(-c2cccc3cc(CO)sc23)c1. The van der Waals surface area contributed by atoms with Gasteiger partial charge in [0, 0.05) is 28.8 Å². The van der Waals surface area contributed by atoms with Crippen molar-refractivity contribution in [3.8, 4) is 11.1 Å². The first-order chi connectivity index (χ1) is 11.7. The smallest absolute Gasteiger partial charge is 0.251 e. The van der Waals surface area contributed by atoms with Crippen LogP contribution >= 0.6 is 11.3 Å². The number of ether oxygens (including phenoxy) is 1. The Hall–Kier alpha value is -2.21. The molecule has 4 nitrogen and oxygen atoms in total. The average molecular weight is 341 g/mol. The number of amides is 1. The van der Waals surface area contributed by atoms with Crippen LogP contribution in [0.1, 0.15) is 15.2 Å². The Morgan fingerprint density at radius 2 is 2.04 bits per heavy atom. The van der Waals surface area contributed by atoms with E-state index < -0.39 is 0 Å². The number of nitrogens with one attached hydrogen (secondary N) is 1. The third-order valence-electron chi connectivity index (χ3n) is 3.78. The zero-order valence-corrected chi connectivity index (χ0v) is 14.2. The van der Waals surface area contributed by atoms with E-state index in [9.17, 15) is 9.90 Å². The van der Waals surface area contributed by atoms with E-state index in [1.165, 1.54) is 0 Å². The molecule has 0 radical (unpaired) electrons. The van der Waals surface area contributed by atoms with Crippen molar-refractivity contribution in [1.82, 2.24) is 5.32 Å². The molecule has 0 spiro atoms. The van der Waals surface area contributed by atoms with Crippen molar-refractivity contribution in [2.24, 2.45) is 0 Å². The maximum Gasteiger partial charge on any atom is 0.251 e. The summed E-state index contributed by atoms with van der Waals surface area (Å²) in [5.41, 5.74) is 2.69. The molecule has 0 aliphatic carbocycles. The van der Waals surface area contributed by atoms with E-state index in [0.717, 1.165) is 26.1 Å². The van der Waals surface area contributed by atoms with E-state index in [1.54, 1.807) is 24.5 Å². The van der Waals surface area contributed by atoms with Gasteiger partial charge in [-0.3, -0.25) is 4.79 Å². The van der Waals surface area contributed by atoms with Gasteiger partial charge in [-0.1, -0.05) is 30.3 Å². The van der Waals surface area contributed by atoms with Crippen LogP contribution in [0.3, 0.4) is 0 Å². The van der Waals surface area contributed by atoms with Gasteiger partial charge in [0.25, 0.3) is 5.91 Å². The first-order valence-electron chi connectivity index (χ1n) is 7.73. The van der Waals surface area contributed by atoms with Crippen molar-refractivity contribution >= 4 is 27.3 Å². The molecule has 0 fully saturated rings. The van der Waals surface area contributed by atoms with Gasteiger partial charge >= 0.3 is 0 Å². The predicted molar refractivity (Wildman–Crippen MR) is 97.4 cm³/mol. The number of aliphatic hydroxyl groups is 1. The summed E-state index contributed by atoms with van der Waals surface area (Å²) in [7, 11) is 1.61. The topological polar surface area (TPSA) is 58.6 Å². The number of methoxy groups -OCH3 is 1. The molecule has 0 aliphatic heterocycles. The zero-order chi connectivity index (χ0) is 16.9. The van der Waals surface area contributed by atoms with Crippen LogP contribution in [-0.2, 0) is 11.3 Å². The summed E-state index contributed by atoms with van der Waals surface area (Å²) in [6.07, 6.45) is 0. The molecule has 0 unspecified atom stereocenters. The van der Waals surface area contributed by atoms with Gasteiger partial charge in [0.15, 0.2) is 0 Å². The number of hydrogen-bond donors (Lipinski definition) is 2. The number of fused-ring (bicyclic) bond motifs is 1. The molecule has 1 amide bonds. The van der Waals surface area contributed by atoms with Crippen LogP contribution < -0.4 is 5.32 Å². The summed E-state index contributed by atoms with van der Waals surface area (Å²) in [5.74, 6) is -0.108. The molecule has 0 saturated carbocycles. The van der Waals surface area contributed by atoms with Crippen molar-refractivity contribution in [1.29, 1.82) is 0 Å². The van der Waals surface area contributed by atoms with Crippen molar-refractivity contribution in [2.75, 3.05) is 20.3 Å². The van der Waals surface area contributed by atoms with Crippen LogP contribution in [-0.4, -0.2) is 31.3 Å². The van der Waals surface area contributed by atoms with Crippen LogP contribution in [0.25, 0.3) is 21.2 Å². The second-order valence-electron chi connectivity index (χ2n) is 5.42. The number of rotatable bonds is 6. The molecule has 124 valence electrons. The maximum absolute atomic E-state index is 12.2. The Balaban J connectivity index is 1.94. The molecule has 2 N–H and O–H groups in total. The summed E-state index contributed by atoms with van der Waals surface area (Å²) < 4.78 is 6.07. The third kappa shape index (κ3) is 3.48. The van der Waals surface area contributed by atoms with Crippen molar-refractivity contribution in [3.63, 3.8) is 0 Å². The van der Waals surface area contributed by atoms with Crippen LogP contribution in [0.2, 0.25) is 0 Å². The van der Waals surface area contributed by atoms with E-state index >= 15 is 0 Å². The molecule has 1 aromatic heterocycles. The van der Waals surface area contributed by atoms with Gasteiger partial charge in [-0.2, -0.15) is 0 Å². The van der Waals surface area contributed by atoms with Gasteiger partial charge in [-0.15, -0.1) is 11.3 Å². The number of benzene rings is 2. The molecule has 0 saturated heterocycles. The lowest BCUT2D eigenvalue weighted by molar-refractivity contribution is 0.0937. The van der Waals surface area contributed by atoms with Crippen molar-refractivity contribution < 1.29 is 14.6 Å². The Morgan fingerprint density at radius 1 is 1.21 bits per heavy atom. The van der Waals surface area contributed by atoms with Gasteiger partial charge in [-0.05, 0) is 34.7 Å². The standard InChI is InChI=1S/C19H19NO3S/c1-23-9-8-20-19(22)15-6-2-4-13(10-15)17-7-3-5-14-11-16(12-21)24-18(14)17/h2-7,10-11,21H,8-9,12H2,1H3,(H,20,22). The quantitative estimate of drug-likeness (QED) is 0.675. The molecule has 3 aromatic rings. The highest BCUT2D eigenvalue weighted by Gasteiger charge is 2.10. The molecule has 0 bridgehead atoms. The summed E-state index contributed by atoms with van der Waals surface area (Å²) >= 11 is 1.58. The lowest BCUT2D eigenvalue weighted by atomic mass is 10.0. The molecule has 3 rings (SSSR count). The fraction of sp³-hybridized carbons (Fsp3) is 0.211. The number of hydrogen-bond acceptors (Lipinski definition) is 4. The number of carbonyl (C=O) groups is 1. The molecular weight excluding hydrogens is 322 g/mol. The van der Waals surface area contributed by atoms with Gasteiger partial charge in [0.2, 0.25) is 0 Å². The van der Waals surface area contributed by atoms with E-state index in [-0.39, 0.29) is 12.5 Å². The molecule has 2 aromatic carbocycles.